The van der Waals surface area contributed by atoms with Crippen LogP contribution in [0.4, 0.5) is 0 Å². The Morgan fingerprint density at radius 1 is 0.905 bits per heavy atom. The maximum atomic E-state index is 2.31. The number of hydrogen-bond acceptors (Lipinski definition) is 0. The third kappa shape index (κ3) is 5.37. The number of benzene rings is 1. The summed E-state index contributed by atoms with van der Waals surface area (Å²) in [5.41, 5.74) is 2.96. The minimum Gasteiger partial charge on any atom is -0.237 e. The summed E-state index contributed by atoms with van der Waals surface area (Å²) < 4.78 is 4.51. The molecule has 0 aliphatic heterocycles. The molecular formula is C19H29N2+. The molecule has 0 unspecified atom stereocenters. The van der Waals surface area contributed by atoms with Gasteiger partial charge in [-0.1, -0.05) is 37.6 Å². The predicted molar refractivity (Wildman–Crippen MR) is 88.3 cm³/mol. The molecule has 0 fully saturated rings. The van der Waals surface area contributed by atoms with Crippen LogP contribution in [-0.4, -0.2) is 4.57 Å². The van der Waals surface area contributed by atoms with Crippen LogP contribution in [0.5, 0.6) is 0 Å². The molecule has 1 aromatic heterocycles. The maximum Gasteiger partial charge on any atom is 0.243 e. The molecule has 114 valence electrons. The molecule has 0 bridgehead atoms. The van der Waals surface area contributed by atoms with Crippen molar-refractivity contribution in [3.8, 4) is 0 Å². The topological polar surface area (TPSA) is 8.81 Å². The molecule has 0 saturated heterocycles. The van der Waals surface area contributed by atoms with Crippen molar-refractivity contribution in [2.75, 3.05) is 0 Å². The van der Waals surface area contributed by atoms with Gasteiger partial charge >= 0.3 is 0 Å². The first kappa shape index (κ1) is 15.8. The van der Waals surface area contributed by atoms with E-state index in [4.69, 9.17) is 0 Å². The van der Waals surface area contributed by atoms with E-state index in [9.17, 15) is 0 Å². The summed E-state index contributed by atoms with van der Waals surface area (Å²) in [4.78, 5) is 0. The first-order valence-corrected chi connectivity index (χ1v) is 8.44. The first-order valence-electron chi connectivity index (χ1n) is 8.44. The van der Waals surface area contributed by atoms with Crippen molar-refractivity contribution in [3.05, 3.63) is 54.1 Å². The lowest BCUT2D eigenvalue weighted by molar-refractivity contribution is -0.696. The minimum absolute atomic E-state index is 1.05. The predicted octanol–water partition coefficient (Wildman–Crippen LogP) is 4.16. The molecule has 2 rings (SSSR count). The lowest BCUT2D eigenvalue weighted by atomic mass is 10.0. The van der Waals surface area contributed by atoms with E-state index >= 15 is 0 Å². The van der Waals surface area contributed by atoms with Crippen LogP contribution < -0.4 is 4.57 Å². The monoisotopic (exact) mass is 285 g/mol. The molecule has 0 N–H and O–H groups in total. The smallest absolute Gasteiger partial charge is 0.237 e. The molecule has 2 heteroatoms. The zero-order valence-electron chi connectivity index (χ0n) is 13.6. The second-order valence-corrected chi connectivity index (χ2v) is 5.86. The average molecular weight is 285 g/mol. The van der Waals surface area contributed by atoms with Crippen LogP contribution in [0, 0.1) is 0 Å². The van der Waals surface area contributed by atoms with Crippen molar-refractivity contribution in [1.82, 2.24) is 4.57 Å². The van der Waals surface area contributed by atoms with Gasteiger partial charge in [0.05, 0.1) is 13.1 Å². The zero-order valence-corrected chi connectivity index (χ0v) is 13.6. The van der Waals surface area contributed by atoms with Crippen LogP contribution in [0.15, 0.2) is 43.0 Å². The zero-order chi connectivity index (χ0) is 14.9. The Labute approximate surface area is 129 Å². The lowest BCUT2D eigenvalue weighted by Crippen LogP contribution is -2.30. The SMILES string of the molecule is CCCCc1ccc(CCCC[n+]2ccn(CC)c2)cc1. The van der Waals surface area contributed by atoms with E-state index in [1.165, 1.54) is 49.7 Å². The third-order valence-electron chi connectivity index (χ3n) is 4.09. The molecule has 2 nitrogen and oxygen atoms in total. The summed E-state index contributed by atoms with van der Waals surface area (Å²) >= 11 is 0. The van der Waals surface area contributed by atoms with E-state index in [1.807, 2.05) is 0 Å². The van der Waals surface area contributed by atoms with Crippen LogP contribution in [0.3, 0.4) is 0 Å². The van der Waals surface area contributed by atoms with Gasteiger partial charge in [0.15, 0.2) is 0 Å². The van der Waals surface area contributed by atoms with E-state index in [0.717, 1.165) is 13.1 Å². The molecule has 0 atom stereocenters. The van der Waals surface area contributed by atoms with Crippen molar-refractivity contribution in [2.45, 2.75) is 65.5 Å². The van der Waals surface area contributed by atoms with Gasteiger partial charge in [0.25, 0.3) is 0 Å². The van der Waals surface area contributed by atoms with Crippen LogP contribution in [0.2, 0.25) is 0 Å². The van der Waals surface area contributed by atoms with Crippen molar-refractivity contribution in [1.29, 1.82) is 0 Å². The molecular weight excluding hydrogens is 256 g/mol. The molecule has 0 aliphatic carbocycles. The normalized spacial score (nSPS) is 11.0. The van der Waals surface area contributed by atoms with E-state index < -0.39 is 0 Å². The standard InChI is InChI=1S/C19H29N2/c1-3-5-8-18-10-12-19(13-11-18)9-6-7-14-21-16-15-20(4-2)17-21/h10-13,15-17H,3-9,14H2,1-2H3/q+1. The fraction of sp³-hybridized carbons (Fsp3) is 0.526. The number of imidazole rings is 1. The molecule has 21 heavy (non-hydrogen) atoms. The van der Waals surface area contributed by atoms with Gasteiger partial charge < -0.3 is 0 Å². The highest BCUT2D eigenvalue weighted by molar-refractivity contribution is 5.22. The van der Waals surface area contributed by atoms with E-state index in [1.54, 1.807) is 0 Å². The minimum atomic E-state index is 1.05. The van der Waals surface area contributed by atoms with Gasteiger partial charge in [-0.15, -0.1) is 0 Å². The highest BCUT2D eigenvalue weighted by Crippen LogP contribution is 2.10. The van der Waals surface area contributed by atoms with Crippen molar-refractivity contribution < 1.29 is 4.57 Å². The first-order chi connectivity index (χ1) is 10.3. The van der Waals surface area contributed by atoms with Gasteiger partial charge in [-0.3, -0.25) is 0 Å². The third-order valence-corrected chi connectivity index (χ3v) is 4.09. The molecule has 1 heterocycles. The second-order valence-electron chi connectivity index (χ2n) is 5.86. The van der Waals surface area contributed by atoms with Crippen LogP contribution in [-0.2, 0) is 25.9 Å². The quantitative estimate of drug-likeness (QED) is 0.483. The van der Waals surface area contributed by atoms with Gasteiger partial charge in [0.2, 0.25) is 6.33 Å². The number of aromatic nitrogens is 2. The molecule has 0 aliphatic rings. The summed E-state index contributed by atoms with van der Waals surface area (Å²) in [6, 6.07) is 9.24. The summed E-state index contributed by atoms with van der Waals surface area (Å²) in [7, 11) is 0. The maximum absolute atomic E-state index is 2.31. The van der Waals surface area contributed by atoms with Gasteiger partial charge in [-0.05, 0) is 50.2 Å². The Morgan fingerprint density at radius 2 is 1.57 bits per heavy atom. The van der Waals surface area contributed by atoms with E-state index in [2.05, 4.69) is 66.0 Å². The molecule has 0 spiro atoms. The Kier molecular flexibility index (Phi) is 6.52. The Bertz CT molecular complexity index is 511. The second kappa shape index (κ2) is 8.66. The molecule has 2 aromatic rings. The van der Waals surface area contributed by atoms with Gasteiger partial charge in [-0.2, -0.15) is 0 Å². The van der Waals surface area contributed by atoms with E-state index in [-0.39, 0.29) is 0 Å². The van der Waals surface area contributed by atoms with E-state index in [0.29, 0.717) is 0 Å². The van der Waals surface area contributed by atoms with Crippen molar-refractivity contribution >= 4 is 0 Å². The fourth-order valence-electron chi connectivity index (χ4n) is 2.64. The van der Waals surface area contributed by atoms with Gasteiger partial charge in [0, 0.05) is 0 Å². The summed E-state index contributed by atoms with van der Waals surface area (Å²) in [5.74, 6) is 0. The number of unbranched alkanes of at least 4 members (excludes halogenated alkanes) is 2. The average Bonchev–Trinajstić information content (AvgIpc) is 2.99. The molecule has 0 amide bonds. The van der Waals surface area contributed by atoms with Crippen LogP contribution in [0.1, 0.15) is 50.7 Å². The number of hydrogen-bond donors (Lipinski definition) is 0. The number of rotatable bonds is 9. The summed E-state index contributed by atoms with van der Waals surface area (Å²) in [5, 5.41) is 0. The highest BCUT2D eigenvalue weighted by atomic mass is 15.1. The lowest BCUT2D eigenvalue weighted by Gasteiger charge is -2.04. The Morgan fingerprint density at radius 3 is 2.14 bits per heavy atom. The Balaban J connectivity index is 1.68. The van der Waals surface area contributed by atoms with Crippen LogP contribution in [0.25, 0.3) is 0 Å². The fourth-order valence-corrected chi connectivity index (χ4v) is 2.64. The van der Waals surface area contributed by atoms with Gasteiger partial charge in [-0.25, -0.2) is 9.13 Å². The molecule has 0 radical (unpaired) electrons. The van der Waals surface area contributed by atoms with Crippen LogP contribution >= 0.6 is 0 Å². The largest absolute Gasteiger partial charge is 0.243 e. The summed E-state index contributed by atoms with van der Waals surface area (Å²) in [6.07, 6.45) is 14.0. The molecule has 0 saturated carbocycles. The molecule has 1 aromatic carbocycles. The Hall–Kier alpha value is -1.57. The number of aryl methyl sites for hydroxylation is 4. The number of nitrogens with zero attached hydrogens (tertiary/aromatic N) is 2. The summed E-state index contributed by atoms with van der Waals surface area (Å²) in [6.45, 7) is 6.61. The van der Waals surface area contributed by atoms with Crippen molar-refractivity contribution in [3.63, 3.8) is 0 Å². The van der Waals surface area contributed by atoms with Gasteiger partial charge in [0.1, 0.15) is 12.4 Å². The van der Waals surface area contributed by atoms with Crippen molar-refractivity contribution in [2.24, 2.45) is 0 Å². The highest BCUT2D eigenvalue weighted by Gasteiger charge is 2.01.